The molecule has 3 heterocycles. The SMILES string of the molecule is Cc1ccc2nc(CN(C)C(=O)Cn3nccc3C3CCCNC3)[nH]c2c1. The number of imidazole rings is 1. The Balaban J connectivity index is 1.42. The molecule has 2 aromatic heterocycles. The van der Waals surface area contributed by atoms with Gasteiger partial charge >= 0.3 is 0 Å². The fraction of sp³-hybridized carbons (Fsp3) is 0.450. The molecule has 1 unspecified atom stereocenters. The standard InChI is InChI=1S/C20H26N6O/c1-14-5-6-16-17(10-14)24-19(23-16)12-25(2)20(27)13-26-18(7-9-22-26)15-4-3-8-21-11-15/h5-7,9-10,15,21H,3-4,8,11-13H2,1-2H3,(H,23,24). The van der Waals surface area contributed by atoms with E-state index in [1.165, 1.54) is 5.56 Å². The third kappa shape index (κ3) is 3.88. The van der Waals surface area contributed by atoms with Crippen molar-refractivity contribution in [2.75, 3.05) is 20.1 Å². The zero-order valence-corrected chi connectivity index (χ0v) is 15.9. The lowest BCUT2D eigenvalue weighted by Crippen LogP contribution is -2.33. The molecule has 1 fully saturated rings. The number of piperidine rings is 1. The van der Waals surface area contributed by atoms with Crippen molar-refractivity contribution >= 4 is 16.9 Å². The molecular formula is C20H26N6O. The Morgan fingerprint density at radius 3 is 3.07 bits per heavy atom. The highest BCUT2D eigenvalue weighted by atomic mass is 16.2. The van der Waals surface area contributed by atoms with E-state index in [4.69, 9.17) is 0 Å². The van der Waals surface area contributed by atoms with Crippen LogP contribution in [0.5, 0.6) is 0 Å². The molecule has 4 rings (SSSR count). The van der Waals surface area contributed by atoms with Crippen molar-refractivity contribution in [3.8, 4) is 0 Å². The van der Waals surface area contributed by atoms with Crippen LogP contribution in [0.2, 0.25) is 0 Å². The van der Waals surface area contributed by atoms with Crippen molar-refractivity contribution in [1.82, 2.24) is 30.0 Å². The summed E-state index contributed by atoms with van der Waals surface area (Å²) in [5.41, 5.74) is 4.26. The zero-order chi connectivity index (χ0) is 18.8. The number of likely N-dealkylation sites (N-methyl/N-ethyl adjacent to an activating group) is 1. The first-order valence-corrected chi connectivity index (χ1v) is 9.52. The van der Waals surface area contributed by atoms with E-state index in [9.17, 15) is 4.79 Å². The maximum absolute atomic E-state index is 12.7. The van der Waals surface area contributed by atoms with Gasteiger partial charge in [-0.3, -0.25) is 9.48 Å². The van der Waals surface area contributed by atoms with Gasteiger partial charge in [-0.25, -0.2) is 4.98 Å². The van der Waals surface area contributed by atoms with Crippen molar-refractivity contribution in [3.63, 3.8) is 0 Å². The molecule has 1 atom stereocenters. The average molecular weight is 366 g/mol. The summed E-state index contributed by atoms with van der Waals surface area (Å²) < 4.78 is 1.85. The Morgan fingerprint density at radius 1 is 1.37 bits per heavy atom. The summed E-state index contributed by atoms with van der Waals surface area (Å²) in [5, 5.41) is 7.81. The van der Waals surface area contributed by atoms with Crippen LogP contribution in [0, 0.1) is 6.92 Å². The van der Waals surface area contributed by atoms with E-state index in [1.807, 2.05) is 29.9 Å². The molecule has 0 spiro atoms. The summed E-state index contributed by atoms with van der Waals surface area (Å²) >= 11 is 0. The van der Waals surface area contributed by atoms with Crippen molar-refractivity contribution in [2.24, 2.45) is 0 Å². The molecule has 0 aliphatic carbocycles. The summed E-state index contributed by atoms with van der Waals surface area (Å²) in [6, 6.07) is 8.15. The van der Waals surface area contributed by atoms with Gasteiger partial charge in [0.05, 0.1) is 17.6 Å². The molecule has 142 valence electrons. The van der Waals surface area contributed by atoms with Gasteiger partial charge in [0.2, 0.25) is 5.91 Å². The maximum Gasteiger partial charge on any atom is 0.244 e. The number of rotatable bonds is 5. The first-order valence-electron chi connectivity index (χ1n) is 9.52. The van der Waals surface area contributed by atoms with Crippen LogP contribution >= 0.6 is 0 Å². The Kier molecular flexibility index (Phi) is 4.94. The van der Waals surface area contributed by atoms with Gasteiger partial charge in [-0.1, -0.05) is 6.07 Å². The summed E-state index contributed by atoms with van der Waals surface area (Å²) in [5.74, 6) is 1.25. The van der Waals surface area contributed by atoms with Crippen LogP contribution in [0.15, 0.2) is 30.5 Å². The molecule has 0 saturated carbocycles. The van der Waals surface area contributed by atoms with Crippen LogP contribution in [0.1, 0.15) is 35.8 Å². The zero-order valence-electron chi connectivity index (χ0n) is 15.9. The maximum atomic E-state index is 12.7. The number of aromatic amines is 1. The van der Waals surface area contributed by atoms with Gasteiger partial charge < -0.3 is 15.2 Å². The Morgan fingerprint density at radius 2 is 2.26 bits per heavy atom. The number of H-pyrrole nitrogens is 1. The second-order valence-electron chi connectivity index (χ2n) is 7.41. The molecule has 1 aliphatic heterocycles. The number of nitrogens with zero attached hydrogens (tertiary/aromatic N) is 4. The van der Waals surface area contributed by atoms with Crippen LogP contribution < -0.4 is 5.32 Å². The molecule has 1 amide bonds. The van der Waals surface area contributed by atoms with Gasteiger partial charge in [-0.2, -0.15) is 5.10 Å². The highest BCUT2D eigenvalue weighted by Crippen LogP contribution is 2.23. The van der Waals surface area contributed by atoms with E-state index in [-0.39, 0.29) is 12.5 Å². The van der Waals surface area contributed by atoms with Crippen molar-refractivity contribution in [3.05, 3.63) is 47.5 Å². The average Bonchev–Trinajstić information content (AvgIpc) is 3.28. The number of hydrogen-bond acceptors (Lipinski definition) is 4. The number of nitrogens with one attached hydrogen (secondary N) is 2. The van der Waals surface area contributed by atoms with Crippen LogP contribution in [0.3, 0.4) is 0 Å². The summed E-state index contributed by atoms with van der Waals surface area (Å²) in [4.78, 5) is 22.3. The second kappa shape index (κ2) is 7.52. The number of benzene rings is 1. The third-order valence-corrected chi connectivity index (χ3v) is 5.25. The van der Waals surface area contributed by atoms with E-state index < -0.39 is 0 Å². The molecule has 1 saturated heterocycles. The Bertz CT molecular complexity index is 937. The van der Waals surface area contributed by atoms with Gasteiger partial charge in [0.15, 0.2) is 0 Å². The number of aryl methyl sites for hydroxylation is 1. The number of fused-ring (bicyclic) bond motifs is 1. The topological polar surface area (TPSA) is 78.8 Å². The van der Waals surface area contributed by atoms with Gasteiger partial charge in [-0.05, 0) is 50.1 Å². The minimum Gasteiger partial charge on any atom is -0.340 e. The minimum absolute atomic E-state index is 0.0281. The molecule has 1 aromatic carbocycles. The van der Waals surface area contributed by atoms with Crippen LogP contribution in [0.25, 0.3) is 11.0 Å². The summed E-state index contributed by atoms with van der Waals surface area (Å²) in [6.07, 6.45) is 4.09. The number of aromatic nitrogens is 4. The van der Waals surface area contributed by atoms with Gasteiger partial charge in [0.1, 0.15) is 12.4 Å². The Hall–Kier alpha value is -2.67. The van der Waals surface area contributed by atoms with E-state index in [1.54, 1.807) is 11.1 Å². The highest BCUT2D eigenvalue weighted by molar-refractivity contribution is 5.77. The first-order chi connectivity index (χ1) is 13.1. The van der Waals surface area contributed by atoms with Crippen LogP contribution in [0.4, 0.5) is 0 Å². The third-order valence-electron chi connectivity index (χ3n) is 5.25. The monoisotopic (exact) mass is 366 g/mol. The highest BCUT2D eigenvalue weighted by Gasteiger charge is 2.21. The van der Waals surface area contributed by atoms with E-state index in [0.717, 1.165) is 48.5 Å². The number of hydrogen-bond donors (Lipinski definition) is 2. The van der Waals surface area contributed by atoms with Crippen molar-refractivity contribution in [2.45, 2.75) is 38.8 Å². The first kappa shape index (κ1) is 17.7. The fourth-order valence-electron chi connectivity index (χ4n) is 3.74. The van der Waals surface area contributed by atoms with E-state index in [0.29, 0.717) is 12.5 Å². The quantitative estimate of drug-likeness (QED) is 0.726. The largest absolute Gasteiger partial charge is 0.340 e. The van der Waals surface area contributed by atoms with E-state index >= 15 is 0 Å². The van der Waals surface area contributed by atoms with E-state index in [2.05, 4.69) is 33.4 Å². The minimum atomic E-state index is 0.0281. The number of carbonyl (C=O) groups excluding carboxylic acids is 1. The second-order valence-corrected chi connectivity index (χ2v) is 7.41. The molecule has 1 aliphatic rings. The van der Waals surface area contributed by atoms with Crippen LogP contribution in [-0.2, 0) is 17.9 Å². The molecule has 0 bridgehead atoms. The molecule has 0 radical (unpaired) electrons. The lowest BCUT2D eigenvalue weighted by Gasteiger charge is -2.24. The van der Waals surface area contributed by atoms with Gasteiger partial charge in [-0.15, -0.1) is 0 Å². The summed E-state index contributed by atoms with van der Waals surface area (Å²) in [6.45, 7) is 4.79. The normalized spacial score (nSPS) is 17.3. The van der Waals surface area contributed by atoms with Crippen LogP contribution in [-0.4, -0.2) is 50.7 Å². The van der Waals surface area contributed by atoms with Gasteiger partial charge in [0, 0.05) is 31.4 Å². The molecule has 2 N–H and O–H groups in total. The number of amides is 1. The molecule has 27 heavy (non-hydrogen) atoms. The lowest BCUT2D eigenvalue weighted by molar-refractivity contribution is -0.131. The summed E-state index contributed by atoms with van der Waals surface area (Å²) in [7, 11) is 1.81. The van der Waals surface area contributed by atoms with Gasteiger partial charge in [0.25, 0.3) is 0 Å². The predicted octanol–water partition coefficient (Wildman–Crippen LogP) is 2.19. The lowest BCUT2D eigenvalue weighted by atomic mass is 9.96. The molecule has 7 nitrogen and oxygen atoms in total. The van der Waals surface area contributed by atoms with Crippen molar-refractivity contribution in [1.29, 1.82) is 0 Å². The molecule has 7 heteroatoms. The Labute approximate surface area is 158 Å². The predicted molar refractivity (Wildman–Crippen MR) is 104 cm³/mol. The molecule has 3 aromatic rings. The smallest absolute Gasteiger partial charge is 0.244 e. The van der Waals surface area contributed by atoms with Crippen molar-refractivity contribution < 1.29 is 4.79 Å². The molecular weight excluding hydrogens is 340 g/mol. The fourth-order valence-corrected chi connectivity index (χ4v) is 3.74. The number of carbonyl (C=O) groups is 1.